The van der Waals surface area contributed by atoms with Crippen LogP contribution in [0.4, 0.5) is 0 Å². The summed E-state index contributed by atoms with van der Waals surface area (Å²) >= 11 is 6.02. The van der Waals surface area contributed by atoms with E-state index in [1.807, 2.05) is 24.3 Å². The van der Waals surface area contributed by atoms with Crippen LogP contribution < -0.4 is 5.73 Å². The predicted octanol–water partition coefficient (Wildman–Crippen LogP) is 3.65. The Balaban J connectivity index is 0.00000210. The van der Waals surface area contributed by atoms with Crippen LogP contribution in [0.3, 0.4) is 0 Å². The predicted molar refractivity (Wildman–Crippen MR) is 106 cm³/mol. The van der Waals surface area contributed by atoms with Crippen molar-refractivity contribution in [2.24, 2.45) is 5.73 Å². The van der Waals surface area contributed by atoms with Crippen molar-refractivity contribution in [2.75, 3.05) is 13.1 Å². The monoisotopic (exact) mass is 404 g/mol. The molecule has 6 nitrogen and oxygen atoms in total. The highest BCUT2D eigenvalue weighted by Crippen LogP contribution is 2.27. The summed E-state index contributed by atoms with van der Waals surface area (Å²) in [5.74, 6) is 0.649. The average molecular weight is 405 g/mol. The highest BCUT2D eigenvalue weighted by molar-refractivity contribution is 6.30. The first-order valence-corrected chi connectivity index (χ1v) is 8.73. The van der Waals surface area contributed by atoms with Gasteiger partial charge in [0.2, 0.25) is 5.82 Å². The van der Waals surface area contributed by atoms with E-state index >= 15 is 0 Å². The van der Waals surface area contributed by atoms with Gasteiger partial charge in [0.05, 0.1) is 11.1 Å². The van der Waals surface area contributed by atoms with Crippen LogP contribution in [0, 0.1) is 0 Å². The van der Waals surface area contributed by atoms with Gasteiger partial charge in [-0.05, 0) is 30.7 Å². The minimum Gasteiger partial charge on any atom is -0.337 e. The molecule has 1 aliphatic heterocycles. The molecular formula is C19H18Cl2N4O2. The summed E-state index contributed by atoms with van der Waals surface area (Å²) in [4.78, 5) is 19.1. The molecule has 2 heterocycles. The summed E-state index contributed by atoms with van der Waals surface area (Å²) in [5.41, 5.74) is 7.82. The van der Waals surface area contributed by atoms with Crippen LogP contribution in [0.1, 0.15) is 16.8 Å². The van der Waals surface area contributed by atoms with Gasteiger partial charge in [0.15, 0.2) is 0 Å². The molecule has 2 N–H and O–H groups in total. The molecule has 1 atom stereocenters. The van der Waals surface area contributed by atoms with Crippen LogP contribution in [-0.4, -0.2) is 40.1 Å². The van der Waals surface area contributed by atoms with Crippen LogP contribution in [0.15, 0.2) is 53.1 Å². The Kier molecular flexibility index (Phi) is 5.79. The molecule has 0 bridgehead atoms. The molecule has 8 heteroatoms. The third-order valence-electron chi connectivity index (χ3n) is 4.41. The first kappa shape index (κ1) is 19.4. The highest BCUT2D eigenvalue weighted by Gasteiger charge is 2.27. The van der Waals surface area contributed by atoms with Gasteiger partial charge in [0, 0.05) is 29.7 Å². The first-order chi connectivity index (χ1) is 12.6. The van der Waals surface area contributed by atoms with Crippen molar-refractivity contribution in [3.8, 4) is 22.8 Å². The lowest BCUT2D eigenvalue weighted by atomic mass is 10.1. The summed E-state index contributed by atoms with van der Waals surface area (Å²) in [6, 6.07) is 14.5. The fourth-order valence-corrected chi connectivity index (χ4v) is 3.27. The molecular weight excluding hydrogens is 387 g/mol. The summed E-state index contributed by atoms with van der Waals surface area (Å²) in [6.07, 6.45) is 0.813. The molecule has 4 rings (SSSR count). The van der Waals surface area contributed by atoms with E-state index in [-0.39, 0.29) is 24.4 Å². The van der Waals surface area contributed by atoms with Gasteiger partial charge in [-0.15, -0.1) is 12.4 Å². The van der Waals surface area contributed by atoms with E-state index in [9.17, 15) is 4.79 Å². The lowest BCUT2D eigenvalue weighted by Gasteiger charge is -2.17. The van der Waals surface area contributed by atoms with Gasteiger partial charge >= 0.3 is 0 Å². The number of hydrogen-bond donors (Lipinski definition) is 1. The molecule has 1 fully saturated rings. The lowest BCUT2D eigenvalue weighted by Crippen LogP contribution is -2.32. The molecule has 3 aromatic rings. The normalized spacial score (nSPS) is 16.2. The number of halogens is 2. The van der Waals surface area contributed by atoms with Crippen LogP contribution in [0.5, 0.6) is 0 Å². The van der Waals surface area contributed by atoms with Crippen molar-refractivity contribution < 1.29 is 9.32 Å². The Morgan fingerprint density at radius 3 is 2.78 bits per heavy atom. The minimum absolute atomic E-state index is 0. The standard InChI is InChI=1S/C19H17ClN4O2.ClH/c20-13-5-3-4-12(10-13)17-22-18(26-23-17)15-6-1-2-7-16(15)19(25)24-9-8-14(21)11-24;/h1-7,10,14H,8-9,11,21H2;1H/t14-;/m0./s1. The maximum atomic E-state index is 12.9. The van der Waals surface area contributed by atoms with E-state index in [0.29, 0.717) is 41.0 Å². The number of benzene rings is 2. The molecule has 0 aliphatic carbocycles. The third-order valence-corrected chi connectivity index (χ3v) is 4.64. The zero-order valence-electron chi connectivity index (χ0n) is 14.3. The van der Waals surface area contributed by atoms with Crippen LogP contribution in [-0.2, 0) is 0 Å². The number of rotatable bonds is 3. The number of amides is 1. The summed E-state index contributed by atoms with van der Waals surface area (Å²) < 4.78 is 5.42. The van der Waals surface area contributed by atoms with E-state index in [1.165, 1.54) is 0 Å². The molecule has 1 aromatic heterocycles. The van der Waals surface area contributed by atoms with Crippen molar-refractivity contribution >= 4 is 29.9 Å². The van der Waals surface area contributed by atoms with Gasteiger partial charge < -0.3 is 15.2 Å². The van der Waals surface area contributed by atoms with Crippen molar-refractivity contribution in [3.05, 3.63) is 59.1 Å². The van der Waals surface area contributed by atoms with Gasteiger partial charge in [0.25, 0.3) is 11.8 Å². The molecule has 2 aromatic carbocycles. The average Bonchev–Trinajstić information content (AvgIpc) is 3.30. The molecule has 1 saturated heterocycles. The Hall–Kier alpha value is -2.41. The van der Waals surface area contributed by atoms with E-state index < -0.39 is 0 Å². The highest BCUT2D eigenvalue weighted by atomic mass is 35.5. The Morgan fingerprint density at radius 1 is 1.22 bits per heavy atom. The molecule has 0 radical (unpaired) electrons. The van der Waals surface area contributed by atoms with Crippen LogP contribution in [0.25, 0.3) is 22.8 Å². The first-order valence-electron chi connectivity index (χ1n) is 8.36. The van der Waals surface area contributed by atoms with Crippen LogP contribution >= 0.6 is 24.0 Å². The van der Waals surface area contributed by atoms with Crippen molar-refractivity contribution in [1.29, 1.82) is 0 Å². The molecule has 1 aliphatic rings. The zero-order valence-corrected chi connectivity index (χ0v) is 15.9. The Bertz CT molecular complexity index is 960. The van der Waals surface area contributed by atoms with Crippen molar-refractivity contribution in [2.45, 2.75) is 12.5 Å². The number of carbonyl (C=O) groups excluding carboxylic acids is 1. The molecule has 0 saturated carbocycles. The smallest absolute Gasteiger partial charge is 0.259 e. The molecule has 0 unspecified atom stereocenters. The quantitative estimate of drug-likeness (QED) is 0.719. The Labute approximate surface area is 167 Å². The van der Waals surface area contributed by atoms with E-state index in [0.717, 1.165) is 12.0 Å². The van der Waals surface area contributed by atoms with E-state index in [4.69, 9.17) is 21.9 Å². The van der Waals surface area contributed by atoms with Crippen molar-refractivity contribution in [1.82, 2.24) is 15.0 Å². The fourth-order valence-electron chi connectivity index (χ4n) is 3.08. The second kappa shape index (κ2) is 8.08. The maximum absolute atomic E-state index is 12.9. The zero-order chi connectivity index (χ0) is 18.1. The number of carbonyl (C=O) groups is 1. The maximum Gasteiger partial charge on any atom is 0.259 e. The van der Waals surface area contributed by atoms with Gasteiger partial charge in [-0.25, -0.2) is 0 Å². The number of aromatic nitrogens is 2. The number of hydrogen-bond acceptors (Lipinski definition) is 5. The minimum atomic E-state index is -0.0731. The third kappa shape index (κ3) is 3.98. The molecule has 140 valence electrons. The largest absolute Gasteiger partial charge is 0.337 e. The lowest BCUT2D eigenvalue weighted by molar-refractivity contribution is 0.0791. The van der Waals surface area contributed by atoms with Gasteiger partial charge in [-0.1, -0.05) is 41.0 Å². The molecule has 1 amide bonds. The summed E-state index contributed by atoms with van der Waals surface area (Å²) in [5, 5.41) is 4.62. The summed E-state index contributed by atoms with van der Waals surface area (Å²) in [7, 11) is 0. The SMILES string of the molecule is Cl.N[C@H]1CCN(C(=O)c2ccccc2-c2nc(-c3cccc(Cl)c3)no2)C1. The van der Waals surface area contributed by atoms with Crippen LogP contribution in [0.2, 0.25) is 5.02 Å². The van der Waals surface area contributed by atoms with Gasteiger partial charge in [-0.3, -0.25) is 4.79 Å². The Morgan fingerprint density at radius 2 is 2.04 bits per heavy atom. The fraction of sp³-hybridized carbons (Fsp3) is 0.211. The van der Waals surface area contributed by atoms with Gasteiger partial charge in [-0.2, -0.15) is 4.98 Å². The van der Waals surface area contributed by atoms with E-state index in [1.54, 1.807) is 29.2 Å². The second-order valence-corrected chi connectivity index (χ2v) is 6.72. The molecule has 27 heavy (non-hydrogen) atoms. The topological polar surface area (TPSA) is 85.2 Å². The molecule has 0 spiro atoms. The second-order valence-electron chi connectivity index (χ2n) is 6.28. The van der Waals surface area contributed by atoms with Crippen molar-refractivity contribution in [3.63, 3.8) is 0 Å². The van der Waals surface area contributed by atoms with E-state index in [2.05, 4.69) is 10.1 Å². The summed E-state index contributed by atoms with van der Waals surface area (Å²) in [6.45, 7) is 1.22. The number of likely N-dealkylation sites (tertiary alicyclic amines) is 1. The number of nitrogens with zero attached hydrogens (tertiary/aromatic N) is 3. The number of nitrogens with two attached hydrogens (primary N) is 1. The van der Waals surface area contributed by atoms with Gasteiger partial charge in [0.1, 0.15) is 0 Å².